The zero-order valence-corrected chi connectivity index (χ0v) is 13.0. The van der Waals surface area contributed by atoms with Crippen molar-refractivity contribution in [2.45, 2.75) is 11.4 Å². The molecular weight excluding hydrogens is 330 g/mol. The quantitative estimate of drug-likeness (QED) is 0.793. The Bertz CT molecular complexity index is 893. The molecule has 0 aliphatic heterocycles. The lowest BCUT2D eigenvalue weighted by Gasteiger charge is -2.07. The molecule has 0 atom stereocenters. The maximum atomic E-state index is 12.4. The van der Waals surface area contributed by atoms with Crippen LogP contribution in [0.1, 0.15) is 5.56 Å². The maximum Gasteiger partial charge on any atom is 0.243 e. The number of hydrogen-bond acceptors (Lipinski definition) is 5. The lowest BCUT2D eigenvalue weighted by Crippen LogP contribution is -2.23. The van der Waals surface area contributed by atoms with Crippen molar-refractivity contribution in [3.05, 3.63) is 53.1 Å². The molecular formula is C13H10ClN3O2S2. The summed E-state index contributed by atoms with van der Waals surface area (Å²) in [6.45, 7) is 0.164. The molecule has 1 N–H and O–H groups in total. The molecule has 3 aromatic rings. The lowest BCUT2D eigenvalue weighted by atomic mass is 10.2. The van der Waals surface area contributed by atoms with Crippen LogP contribution in [0.5, 0.6) is 0 Å². The van der Waals surface area contributed by atoms with E-state index in [0.717, 1.165) is 17.3 Å². The number of nitrogens with one attached hydrogen (secondary N) is 1. The van der Waals surface area contributed by atoms with Gasteiger partial charge in [-0.1, -0.05) is 29.8 Å². The number of nitrogens with zero attached hydrogens (tertiary/aromatic N) is 2. The highest BCUT2D eigenvalue weighted by molar-refractivity contribution is 7.89. The van der Waals surface area contributed by atoms with Gasteiger partial charge in [0.2, 0.25) is 10.0 Å². The predicted octanol–water partition coefficient (Wildman–Crippen LogP) is 2.82. The monoisotopic (exact) mass is 339 g/mol. The molecule has 1 aromatic heterocycles. The molecule has 1 heterocycles. The average Bonchev–Trinajstić information content (AvgIpc) is 2.93. The molecule has 0 aliphatic rings. The van der Waals surface area contributed by atoms with Crippen LogP contribution >= 0.6 is 23.3 Å². The van der Waals surface area contributed by atoms with E-state index in [1.807, 2.05) is 0 Å². The van der Waals surface area contributed by atoms with E-state index in [1.165, 1.54) is 6.07 Å². The summed E-state index contributed by atoms with van der Waals surface area (Å²) in [5.41, 5.74) is 1.75. The summed E-state index contributed by atoms with van der Waals surface area (Å²) in [5.74, 6) is 0. The second-order valence-electron chi connectivity index (χ2n) is 4.34. The number of sulfonamides is 1. The molecule has 0 radical (unpaired) electrons. The van der Waals surface area contributed by atoms with E-state index < -0.39 is 10.0 Å². The number of aromatic nitrogens is 2. The molecule has 0 spiro atoms. The Morgan fingerprint density at radius 1 is 1.14 bits per heavy atom. The number of fused-ring (bicyclic) bond motifs is 1. The van der Waals surface area contributed by atoms with Crippen molar-refractivity contribution in [1.82, 2.24) is 13.5 Å². The lowest BCUT2D eigenvalue weighted by molar-refractivity contribution is 0.582. The molecule has 108 valence electrons. The molecule has 0 saturated carbocycles. The fourth-order valence-corrected chi connectivity index (χ4v) is 3.90. The minimum Gasteiger partial charge on any atom is -0.207 e. The van der Waals surface area contributed by atoms with E-state index in [4.69, 9.17) is 11.6 Å². The minimum absolute atomic E-state index is 0.135. The first-order chi connectivity index (χ1) is 10.1. The van der Waals surface area contributed by atoms with E-state index in [9.17, 15) is 8.42 Å². The second-order valence-corrected chi connectivity index (χ2v) is 7.04. The number of halogens is 1. The van der Waals surface area contributed by atoms with Crippen LogP contribution in [0.15, 0.2) is 47.4 Å². The number of hydrogen-bond donors (Lipinski definition) is 1. The van der Waals surface area contributed by atoms with Crippen molar-refractivity contribution in [3.8, 4) is 0 Å². The van der Waals surface area contributed by atoms with Crippen LogP contribution in [0.2, 0.25) is 5.02 Å². The first-order valence-corrected chi connectivity index (χ1v) is 8.61. The van der Waals surface area contributed by atoms with Crippen molar-refractivity contribution in [1.29, 1.82) is 0 Å². The van der Waals surface area contributed by atoms with Gasteiger partial charge in [-0.05, 0) is 29.8 Å². The zero-order valence-electron chi connectivity index (χ0n) is 10.7. The largest absolute Gasteiger partial charge is 0.243 e. The van der Waals surface area contributed by atoms with Gasteiger partial charge in [0.05, 0.1) is 11.7 Å². The Labute approximate surface area is 131 Å². The number of rotatable bonds is 4. The summed E-state index contributed by atoms with van der Waals surface area (Å²) >= 11 is 6.87. The molecule has 8 heteroatoms. The Balaban J connectivity index is 1.89. The number of benzene rings is 2. The van der Waals surface area contributed by atoms with Gasteiger partial charge in [0.25, 0.3) is 0 Å². The van der Waals surface area contributed by atoms with E-state index in [1.54, 1.807) is 36.4 Å². The molecule has 0 fully saturated rings. The van der Waals surface area contributed by atoms with Crippen LogP contribution in [0.25, 0.3) is 11.0 Å². The first-order valence-electron chi connectivity index (χ1n) is 6.02. The van der Waals surface area contributed by atoms with Crippen molar-refractivity contribution in [2.24, 2.45) is 0 Å². The van der Waals surface area contributed by atoms with Gasteiger partial charge in [-0.3, -0.25) is 0 Å². The third-order valence-electron chi connectivity index (χ3n) is 2.89. The SMILES string of the molecule is O=S(=O)(NCc1cccc(Cl)c1)c1cccc2nsnc12. The summed E-state index contributed by atoms with van der Waals surface area (Å²) in [4.78, 5) is 0.135. The molecule has 21 heavy (non-hydrogen) atoms. The minimum atomic E-state index is -3.66. The van der Waals surface area contributed by atoms with Gasteiger partial charge in [-0.25, -0.2) is 13.1 Å². The topological polar surface area (TPSA) is 72.0 Å². The Kier molecular flexibility index (Phi) is 3.90. The average molecular weight is 340 g/mol. The molecule has 0 saturated heterocycles. The van der Waals surface area contributed by atoms with Crippen LogP contribution in [-0.2, 0) is 16.6 Å². The molecule has 5 nitrogen and oxygen atoms in total. The van der Waals surface area contributed by atoms with Gasteiger partial charge in [0, 0.05) is 11.6 Å². The van der Waals surface area contributed by atoms with Crippen LogP contribution in [0.3, 0.4) is 0 Å². The van der Waals surface area contributed by atoms with Gasteiger partial charge in [0.15, 0.2) is 0 Å². The van der Waals surface area contributed by atoms with Crippen LogP contribution < -0.4 is 4.72 Å². The molecule has 0 unspecified atom stereocenters. The van der Waals surface area contributed by atoms with Gasteiger partial charge in [-0.15, -0.1) is 0 Å². The summed E-state index contributed by atoms with van der Waals surface area (Å²) < 4.78 is 35.4. The molecule has 0 amide bonds. The zero-order chi connectivity index (χ0) is 14.9. The normalized spacial score (nSPS) is 11.9. The summed E-state index contributed by atoms with van der Waals surface area (Å²) in [6, 6.07) is 11.9. The summed E-state index contributed by atoms with van der Waals surface area (Å²) in [5, 5.41) is 0.567. The van der Waals surface area contributed by atoms with Crippen molar-refractivity contribution in [3.63, 3.8) is 0 Å². The third kappa shape index (κ3) is 3.06. The van der Waals surface area contributed by atoms with Gasteiger partial charge in [-0.2, -0.15) is 8.75 Å². The van der Waals surface area contributed by atoms with Crippen LogP contribution in [-0.4, -0.2) is 17.2 Å². The maximum absolute atomic E-state index is 12.4. The van der Waals surface area contributed by atoms with Gasteiger partial charge in [0.1, 0.15) is 15.9 Å². The van der Waals surface area contributed by atoms with E-state index in [-0.39, 0.29) is 11.4 Å². The van der Waals surface area contributed by atoms with Crippen LogP contribution in [0, 0.1) is 0 Å². The standard InChI is InChI=1S/C13H10ClN3O2S2/c14-10-4-1-3-9(7-10)8-15-21(18,19)12-6-2-5-11-13(12)17-20-16-11/h1-7,15H,8H2. The Morgan fingerprint density at radius 2 is 1.95 bits per heavy atom. The second kappa shape index (κ2) is 5.69. The Morgan fingerprint density at radius 3 is 2.76 bits per heavy atom. The highest BCUT2D eigenvalue weighted by Crippen LogP contribution is 2.21. The highest BCUT2D eigenvalue weighted by Gasteiger charge is 2.19. The molecule has 3 rings (SSSR count). The van der Waals surface area contributed by atoms with Gasteiger partial charge >= 0.3 is 0 Å². The van der Waals surface area contributed by atoms with Crippen molar-refractivity contribution < 1.29 is 8.42 Å². The van der Waals surface area contributed by atoms with E-state index >= 15 is 0 Å². The third-order valence-corrected chi connectivity index (χ3v) is 5.10. The molecule has 0 aliphatic carbocycles. The van der Waals surface area contributed by atoms with Crippen molar-refractivity contribution >= 4 is 44.4 Å². The Hall–Kier alpha value is -1.54. The summed E-state index contributed by atoms with van der Waals surface area (Å²) in [6.07, 6.45) is 0. The first kappa shape index (κ1) is 14.4. The molecule has 2 aromatic carbocycles. The van der Waals surface area contributed by atoms with Crippen molar-refractivity contribution in [2.75, 3.05) is 0 Å². The summed E-state index contributed by atoms with van der Waals surface area (Å²) in [7, 11) is -3.66. The highest BCUT2D eigenvalue weighted by atomic mass is 35.5. The molecule has 0 bridgehead atoms. The fraction of sp³-hybridized carbons (Fsp3) is 0.0769. The van der Waals surface area contributed by atoms with Crippen LogP contribution in [0.4, 0.5) is 0 Å². The smallest absolute Gasteiger partial charge is 0.207 e. The van der Waals surface area contributed by atoms with Gasteiger partial charge < -0.3 is 0 Å². The van der Waals surface area contributed by atoms with E-state index in [0.29, 0.717) is 16.1 Å². The predicted molar refractivity (Wildman–Crippen MR) is 82.9 cm³/mol. The fourth-order valence-electron chi connectivity index (χ4n) is 1.90. The van der Waals surface area contributed by atoms with E-state index in [2.05, 4.69) is 13.5 Å².